The molecule has 1 aliphatic heterocycles. The molecule has 108 valence electrons. The SMILES string of the molecule is Cc1c(C(=O)NCC2CNC2)oc2ccc(Cl)cc12.Cl. The van der Waals surface area contributed by atoms with E-state index in [9.17, 15) is 4.79 Å². The highest BCUT2D eigenvalue weighted by molar-refractivity contribution is 6.31. The normalized spacial score (nSPS) is 14.7. The summed E-state index contributed by atoms with van der Waals surface area (Å²) in [5.74, 6) is 0.754. The average molecular weight is 315 g/mol. The number of rotatable bonds is 3. The number of amides is 1. The van der Waals surface area contributed by atoms with E-state index in [4.69, 9.17) is 16.0 Å². The molecule has 1 aromatic carbocycles. The maximum Gasteiger partial charge on any atom is 0.287 e. The van der Waals surface area contributed by atoms with Crippen LogP contribution >= 0.6 is 24.0 Å². The van der Waals surface area contributed by atoms with Crippen molar-refractivity contribution in [3.8, 4) is 0 Å². The Morgan fingerprint density at radius 2 is 2.25 bits per heavy atom. The van der Waals surface area contributed by atoms with E-state index in [1.165, 1.54) is 0 Å². The van der Waals surface area contributed by atoms with Crippen molar-refractivity contribution in [2.24, 2.45) is 5.92 Å². The van der Waals surface area contributed by atoms with E-state index in [0.29, 0.717) is 28.8 Å². The molecule has 20 heavy (non-hydrogen) atoms. The second-order valence-corrected chi connectivity index (χ2v) is 5.37. The quantitative estimate of drug-likeness (QED) is 0.916. The third kappa shape index (κ3) is 2.77. The Balaban J connectivity index is 0.00000147. The fourth-order valence-electron chi connectivity index (χ4n) is 2.22. The molecule has 2 aromatic rings. The zero-order valence-electron chi connectivity index (χ0n) is 11.0. The van der Waals surface area contributed by atoms with E-state index in [1.807, 2.05) is 13.0 Å². The van der Waals surface area contributed by atoms with Gasteiger partial charge in [0.2, 0.25) is 0 Å². The Labute approximate surface area is 128 Å². The van der Waals surface area contributed by atoms with E-state index >= 15 is 0 Å². The second kappa shape index (κ2) is 6.04. The van der Waals surface area contributed by atoms with Crippen LogP contribution in [0.2, 0.25) is 5.02 Å². The summed E-state index contributed by atoms with van der Waals surface area (Å²) in [4.78, 5) is 12.1. The lowest BCUT2D eigenvalue weighted by molar-refractivity contribution is 0.0915. The van der Waals surface area contributed by atoms with Gasteiger partial charge in [-0.05, 0) is 25.1 Å². The minimum Gasteiger partial charge on any atom is -0.451 e. The van der Waals surface area contributed by atoms with E-state index in [2.05, 4.69) is 10.6 Å². The van der Waals surface area contributed by atoms with Crippen LogP contribution in [0.5, 0.6) is 0 Å². The highest BCUT2D eigenvalue weighted by Crippen LogP contribution is 2.27. The third-order valence-corrected chi connectivity index (χ3v) is 3.76. The van der Waals surface area contributed by atoms with E-state index in [-0.39, 0.29) is 18.3 Å². The van der Waals surface area contributed by atoms with Crippen LogP contribution in [-0.4, -0.2) is 25.5 Å². The third-order valence-electron chi connectivity index (χ3n) is 3.52. The summed E-state index contributed by atoms with van der Waals surface area (Å²) < 4.78 is 5.61. The van der Waals surface area contributed by atoms with Crippen LogP contribution in [0.15, 0.2) is 22.6 Å². The summed E-state index contributed by atoms with van der Waals surface area (Å²) in [5.41, 5.74) is 1.53. The van der Waals surface area contributed by atoms with E-state index in [0.717, 1.165) is 24.0 Å². The molecule has 4 nitrogen and oxygen atoms in total. The molecule has 0 saturated carbocycles. The summed E-state index contributed by atoms with van der Waals surface area (Å²) in [6, 6.07) is 5.37. The first-order valence-electron chi connectivity index (χ1n) is 6.32. The van der Waals surface area contributed by atoms with Crippen molar-refractivity contribution in [2.75, 3.05) is 19.6 Å². The molecule has 1 amide bonds. The van der Waals surface area contributed by atoms with Crippen molar-refractivity contribution in [2.45, 2.75) is 6.92 Å². The first-order chi connectivity index (χ1) is 9.15. The van der Waals surface area contributed by atoms with Crippen LogP contribution in [0.1, 0.15) is 16.1 Å². The Hall–Kier alpha value is -1.23. The molecule has 6 heteroatoms. The summed E-state index contributed by atoms with van der Waals surface area (Å²) in [6.07, 6.45) is 0. The van der Waals surface area contributed by atoms with Gasteiger partial charge >= 0.3 is 0 Å². The second-order valence-electron chi connectivity index (χ2n) is 4.93. The van der Waals surface area contributed by atoms with E-state index < -0.39 is 0 Å². The lowest BCUT2D eigenvalue weighted by Crippen LogP contribution is -2.48. The highest BCUT2D eigenvalue weighted by atomic mass is 35.5. The van der Waals surface area contributed by atoms with Crippen LogP contribution in [0.4, 0.5) is 0 Å². The first-order valence-corrected chi connectivity index (χ1v) is 6.70. The minimum absolute atomic E-state index is 0. The lowest BCUT2D eigenvalue weighted by Gasteiger charge is -2.26. The number of furan rings is 1. The monoisotopic (exact) mass is 314 g/mol. The Morgan fingerprint density at radius 1 is 1.50 bits per heavy atom. The van der Waals surface area contributed by atoms with Crippen molar-refractivity contribution in [3.63, 3.8) is 0 Å². The number of hydrogen-bond donors (Lipinski definition) is 2. The van der Waals surface area contributed by atoms with Gasteiger partial charge in [0.25, 0.3) is 5.91 Å². The Kier molecular flexibility index (Phi) is 4.58. The molecular weight excluding hydrogens is 299 g/mol. The number of carbonyl (C=O) groups is 1. The molecule has 1 aromatic heterocycles. The van der Waals surface area contributed by atoms with Crippen molar-refractivity contribution in [3.05, 3.63) is 34.5 Å². The largest absolute Gasteiger partial charge is 0.451 e. The number of hydrogen-bond acceptors (Lipinski definition) is 3. The molecule has 0 bridgehead atoms. The van der Waals surface area contributed by atoms with Gasteiger partial charge in [-0.2, -0.15) is 0 Å². The number of carbonyl (C=O) groups excluding carboxylic acids is 1. The first kappa shape index (κ1) is 15.2. The maximum absolute atomic E-state index is 12.1. The topological polar surface area (TPSA) is 54.3 Å². The number of aryl methyl sites for hydroxylation is 1. The van der Waals surface area contributed by atoms with Gasteiger partial charge in [0.1, 0.15) is 5.58 Å². The lowest BCUT2D eigenvalue weighted by atomic mass is 10.0. The van der Waals surface area contributed by atoms with Gasteiger partial charge in [-0.1, -0.05) is 11.6 Å². The van der Waals surface area contributed by atoms with Crippen molar-refractivity contribution < 1.29 is 9.21 Å². The van der Waals surface area contributed by atoms with Gasteiger partial charge in [-0.15, -0.1) is 12.4 Å². The molecule has 0 unspecified atom stereocenters. The van der Waals surface area contributed by atoms with Gasteiger partial charge in [0, 0.05) is 41.5 Å². The Morgan fingerprint density at radius 3 is 2.90 bits per heavy atom. The maximum atomic E-state index is 12.1. The van der Waals surface area contributed by atoms with Gasteiger partial charge in [0.15, 0.2) is 5.76 Å². The zero-order valence-corrected chi connectivity index (χ0v) is 12.6. The summed E-state index contributed by atoms with van der Waals surface area (Å²) >= 11 is 5.96. The summed E-state index contributed by atoms with van der Waals surface area (Å²) in [5, 5.41) is 7.62. The van der Waals surface area contributed by atoms with E-state index in [1.54, 1.807) is 12.1 Å². The van der Waals surface area contributed by atoms with Gasteiger partial charge in [0.05, 0.1) is 0 Å². The Bertz CT molecular complexity index is 635. The van der Waals surface area contributed by atoms with Gasteiger partial charge in [-0.3, -0.25) is 4.79 Å². The minimum atomic E-state index is -0.156. The molecule has 2 heterocycles. The van der Waals surface area contributed by atoms with Crippen LogP contribution in [0.3, 0.4) is 0 Å². The smallest absolute Gasteiger partial charge is 0.287 e. The van der Waals surface area contributed by atoms with Crippen molar-refractivity contribution in [1.29, 1.82) is 0 Å². The molecule has 3 rings (SSSR count). The molecule has 0 spiro atoms. The number of nitrogens with one attached hydrogen (secondary N) is 2. The number of halogens is 2. The molecule has 0 atom stereocenters. The van der Waals surface area contributed by atoms with Gasteiger partial charge < -0.3 is 15.1 Å². The van der Waals surface area contributed by atoms with Crippen LogP contribution in [0.25, 0.3) is 11.0 Å². The molecule has 0 aliphatic carbocycles. The van der Waals surface area contributed by atoms with Gasteiger partial charge in [-0.25, -0.2) is 0 Å². The fraction of sp³-hybridized carbons (Fsp3) is 0.357. The van der Waals surface area contributed by atoms with Crippen LogP contribution < -0.4 is 10.6 Å². The zero-order chi connectivity index (χ0) is 13.4. The fourth-order valence-corrected chi connectivity index (χ4v) is 2.39. The van der Waals surface area contributed by atoms with Crippen LogP contribution in [0, 0.1) is 12.8 Å². The molecule has 1 saturated heterocycles. The molecular formula is C14H16Cl2N2O2. The average Bonchev–Trinajstić information content (AvgIpc) is 2.65. The summed E-state index contributed by atoms with van der Waals surface area (Å²) in [6.45, 7) is 4.50. The predicted octanol–water partition coefficient (Wildman–Crippen LogP) is 2.77. The molecule has 1 aliphatic rings. The summed E-state index contributed by atoms with van der Waals surface area (Å²) in [7, 11) is 0. The number of benzene rings is 1. The standard InChI is InChI=1S/C14H15ClN2O2.ClH/c1-8-11-4-10(15)2-3-12(11)19-13(8)14(18)17-7-9-5-16-6-9;/h2-4,9,16H,5-7H2,1H3,(H,17,18);1H. The van der Waals surface area contributed by atoms with Crippen LogP contribution in [-0.2, 0) is 0 Å². The molecule has 0 radical (unpaired) electrons. The predicted molar refractivity (Wildman–Crippen MR) is 81.9 cm³/mol. The van der Waals surface area contributed by atoms with Crippen molar-refractivity contribution in [1.82, 2.24) is 10.6 Å². The van der Waals surface area contributed by atoms with Crippen molar-refractivity contribution >= 4 is 40.9 Å². The number of fused-ring (bicyclic) bond motifs is 1. The highest BCUT2D eigenvalue weighted by Gasteiger charge is 2.21. The molecule has 2 N–H and O–H groups in total. The molecule has 1 fully saturated rings.